The fraction of sp³-hybridized carbons (Fsp3) is 0.857. The van der Waals surface area contributed by atoms with Crippen LogP contribution >= 0.6 is 22.6 Å². The normalized spacial score (nSPS) is 31.0. The van der Waals surface area contributed by atoms with Crippen LogP contribution in [-0.4, -0.2) is 16.5 Å². The van der Waals surface area contributed by atoms with Gasteiger partial charge < -0.3 is 4.74 Å². The number of ether oxygens (including phenoxy) is 1. The first-order valence-corrected chi connectivity index (χ1v) is 4.79. The minimum Gasteiger partial charge on any atom is -0.466 e. The van der Waals surface area contributed by atoms with Crippen molar-refractivity contribution in [1.29, 1.82) is 0 Å². The van der Waals surface area contributed by atoms with E-state index in [1.54, 1.807) is 0 Å². The van der Waals surface area contributed by atoms with E-state index in [0.29, 0.717) is 10.5 Å². The van der Waals surface area contributed by atoms with Crippen molar-refractivity contribution in [1.82, 2.24) is 0 Å². The predicted molar refractivity (Wildman–Crippen MR) is 47.2 cm³/mol. The quantitative estimate of drug-likeness (QED) is 0.426. The highest BCUT2D eigenvalue weighted by molar-refractivity contribution is 14.1. The molecule has 0 spiro atoms. The highest BCUT2D eigenvalue weighted by Gasteiger charge is 2.33. The molecule has 0 N–H and O–H groups in total. The number of esters is 1. The van der Waals surface area contributed by atoms with E-state index in [0.717, 1.165) is 12.8 Å². The highest BCUT2D eigenvalue weighted by Crippen LogP contribution is 2.34. The molecule has 2 nitrogen and oxygen atoms in total. The number of rotatable bonds is 2. The summed E-state index contributed by atoms with van der Waals surface area (Å²) in [5.74, 6) is 0.206. The standard InChI is InChI=1S/C7H11IO2/c1-2-10-7(9)5-3-6(8)4-5/h5-6H,2-4H2,1H3. The molecule has 0 aromatic rings. The van der Waals surface area contributed by atoms with Crippen LogP contribution in [0.3, 0.4) is 0 Å². The van der Waals surface area contributed by atoms with Crippen molar-refractivity contribution in [2.24, 2.45) is 5.92 Å². The van der Waals surface area contributed by atoms with Crippen LogP contribution < -0.4 is 0 Å². The van der Waals surface area contributed by atoms with Gasteiger partial charge in [-0.2, -0.15) is 0 Å². The lowest BCUT2D eigenvalue weighted by atomic mass is 9.85. The maximum Gasteiger partial charge on any atom is 0.308 e. The van der Waals surface area contributed by atoms with Crippen molar-refractivity contribution in [3.05, 3.63) is 0 Å². The Morgan fingerprint density at radius 1 is 1.70 bits per heavy atom. The highest BCUT2D eigenvalue weighted by atomic mass is 127. The summed E-state index contributed by atoms with van der Waals surface area (Å²) >= 11 is 2.36. The summed E-state index contributed by atoms with van der Waals surface area (Å²) in [6, 6.07) is 0. The molecule has 0 unspecified atom stereocenters. The van der Waals surface area contributed by atoms with Gasteiger partial charge >= 0.3 is 5.97 Å². The Balaban J connectivity index is 2.18. The summed E-state index contributed by atoms with van der Waals surface area (Å²) in [7, 11) is 0. The molecule has 0 aromatic heterocycles. The Kier molecular flexibility index (Phi) is 2.95. The maximum absolute atomic E-state index is 10.9. The third-order valence-corrected chi connectivity index (χ3v) is 2.72. The Hall–Kier alpha value is 0.200. The second-order valence-electron chi connectivity index (χ2n) is 2.52. The first-order chi connectivity index (χ1) is 4.74. The van der Waals surface area contributed by atoms with Gasteiger partial charge in [0.2, 0.25) is 0 Å². The Morgan fingerprint density at radius 2 is 2.30 bits per heavy atom. The first-order valence-electron chi connectivity index (χ1n) is 3.54. The average Bonchev–Trinajstić information content (AvgIpc) is 1.82. The number of alkyl halides is 1. The molecule has 1 fully saturated rings. The third-order valence-electron chi connectivity index (χ3n) is 1.70. The van der Waals surface area contributed by atoms with Crippen molar-refractivity contribution in [3.63, 3.8) is 0 Å². The minimum absolute atomic E-state index is 0.00424. The third kappa shape index (κ3) is 1.84. The second-order valence-corrected chi connectivity index (χ2v) is 4.28. The number of halogens is 1. The van der Waals surface area contributed by atoms with Gasteiger partial charge in [-0.25, -0.2) is 0 Å². The van der Waals surface area contributed by atoms with Gasteiger partial charge in [-0.15, -0.1) is 0 Å². The molecule has 1 saturated carbocycles. The molecular formula is C7H11IO2. The average molecular weight is 254 g/mol. The van der Waals surface area contributed by atoms with E-state index in [-0.39, 0.29) is 11.9 Å². The molecule has 1 rings (SSSR count). The summed E-state index contributed by atoms with van der Waals surface area (Å²) in [6.45, 7) is 2.36. The summed E-state index contributed by atoms with van der Waals surface area (Å²) in [4.78, 5) is 10.9. The van der Waals surface area contributed by atoms with E-state index in [1.807, 2.05) is 6.92 Å². The van der Waals surface area contributed by atoms with Crippen LogP contribution in [0.4, 0.5) is 0 Å². The van der Waals surface area contributed by atoms with Crippen LogP contribution in [0.1, 0.15) is 19.8 Å². The van der Waals surface area contributed by atoms with E-state index >= 15 is 0 Å². The molecule has 10 heavy (non-hydrogen) atoms. The van der Waals surface area contributed by atoms with E-state index in [1.165, 1.54) is 0 Å². The minimum atomic E-state index is -0.00424. The van der Waals surface area contributed by atoms with Crippen LogP contribution in [0.15, 0.2) is 0 Å². The SMILES string of the molecule is CCOC(=O)C1CC(I)C1. The van der Waals surface area contributed by atoms with Crippen LogP contribution in [0.2, 0.25) is 0 Å². The van der Waals surface area contributed by atoms with E-state index in [2.05, 4.69) is 22.6 Å². The van der Waals surface area contributed by atoms with Crippen LogP contribution in [0, 0.1) is 5.92 Å². The second kappa shape index (κ2) is 3.55. The number of hydrogen-bond donors (Lipinski definition) is 0. The predicted octanol–water partition coefficient (Wildman–Crippen LogP) is 1.76. The van der Waals surface area contributed by atoms with Crippen molar-refractivity contribution in [3.8, 4) is 0 Å². The molecule has 0 radical (unpaired) electrons. The zero-order chi connectivity index (χ0) is 7.56. The summed E-state index contributed by atoms with van der Waals surface area (Å²) in [5, 5.41) is 0. The molecule has 1 aliphatic carbocycles. The lowest BCUT2D eigenvalue weighted by Gasteiger charge is -2.28. The summed E-state index contributed by atoms with van der Waals surface area (Å²) < 4.78 is 5.55. The largest absolute Gasteiger partial charge is 0.466 e. The Bertz CT molecular complexity index is 130. The first kappa shape index (κ1) is 8.30. The number of hydrogen-bond acceptors (Lipinski definition) is 2. The lowest BCUT2D eigenvalue weighted by molar-refractivity contribution is -0.150. The number of carbonyl (C=O) groups is 1. The topological polar surface area (TPSA) is 26.3 Å². The van der Waals surface area contributed by atoms with Gasteiger partial charge in [-0.3, -0.25) is 4.79 Å². The van der Waals surface area contributed by atoms with Gasteiger partial charge in [0, 0.05) is 3.92 Å². The van der Waals surface area contributed by atoms with Crippen molar-refractivity contribution < 1.29 is 9.53 Å². The molecule has 3 heteroatoms. The smallest absolute Gasteiger partial charge is 0.308 e. The zero-order valence-electron chi connectivity index (χ0n) is 5.97. The molecule has 0 amide bonds. The van der Waals surface area contributed by atoms with E-state index < -0.39 is 0 Å². The maximum atomic E-state index is 10.9. The van der Waals surface area contributed by atoms with Crippen LogP contribution in [0.5, 0.6) is 0 Å². The van der Waals surface area contributed by atoms with Gasteiger partial charge in [-0.1, -0.05) is 22.6 Å². The fourth-order valence-electron chi connectivity index (χ4n) is 1.00. The van der Waals surface area contributed by atoms with E-state index in [9.17, 15) is 4.79 Å². The van der Waals surface area contributed by atoms with Gasteiger partial charge in [0.25, 0.3) is 0 Å². The van der Waals surface area contributed by atoms with Crippen LogP contribution in [0.25, 0.3) is 0 Å². The Morgan fingerprint density at radius 3 is 2.70 bits per heavy atom. The molecular weight excluding hydrogens is 243 g/mol. The molecule has 0 saturated heterocycles. The van der Waals surface area contributed by atoms with Crippen molar-refractivity contribution in [2.75, 3.05) is 6.61 Å². The fourth-order valence-corrected chi connectivity index (χ4v) is 2.23. The van der Waals surface area contributed by atoms with Gasteiger partial charge in [0.15, 0.2) is 0 Å². The molecule has 0 aromatic carbocycles. The summed E-state index contributed by atoms with van der Waals surface area (Å²) in [5.41, 5.74) is 0. The molecule has 0 atom stereocenters. The van der Waals surface area contributed by atoms with Crippen LogP contribution in [-0.2, 0) is 9.53 Å². The van der Waals surface area contributed by atoms with Gasteiger partial charge in [0.1, 0.15) is 0 Å². The Labute approximate surface area is 74.5 Å². The van der Waals surface area contributed by atoms with Gasteiger partial charge in [-0.05, 0) is 19.8 Å². The molecule has 0 aliphatic heterocycles. The molecule has 1 aliphatic rings. The monoisotopic (exact) mass is 254 g/mol. The van der Waals surface area contributed by atoms with E-state index in [4.69, 9.17) is 4.74 Å². The van der Waals surface area contributed by atoms with Crippen molar-refractivity contribution in [2.45, 2.75) is 23.7 Å². The zero-order valence-corrected chi connectivity index (χ0v) is 8.13. The lowest BCUT2D eigenvalue weighted by Crippen LogP contribution is -2.31. The number of carbonyl (C=O) groups excluding carboxylic acids is 1. The van der Waals surface area contributed by atoms with Gasteiger partial charge in [0.05, 0.1) is 12.5 Å². The summed E-state index contributed by atoms with van der Waals surface area (Å²) in [6.07, 6.45) is 2.03. The molecule has 0 heterocycles. The van der Waals surface area contributed by atoms with Crippen molar-refractivity contribution >= 4 is 28.6 Å². The molecule has 58 valence electrons. The molecule has 0 bridgehead atoms.